The minimum Gasteiger partial charge on any atom is -0.406 e. The number of benzene rings is 2. The van der Waals surface area contributed by atoms with Crippen LogP contribution in [0, 0.1) is 6.92 Å². The van der Waals surface area contributed by atoms with Gasteiger partial charge in [0.05, 0.1) is 0 Å². The van der Waals surface area contributed by atoms with Crippen molar-refractivity contribution in [1.82, 2.24) is 5.32 Å². The van der Waals surface area contributed by atoms with Crippen molar-refractivity contribution in [2.45, 2.75) is 60.4 Å². The van der Waals surface area contributed by atoms with Gasteiger partial charge in [-0.15, -0.1) is 13.2 Å². The second-order valence-corrected chi connectivity index (χ2v) is 7.14. The van der Waals surface area contributed by atoms with E-state index in [1.807, 2.05) is 51.1 Å². The van der Waals surface area contributed by atoms with Crippen molar-refractivity contribution in [1.29, 1.82) is 0 Å². The number of halogens is 3. The average Bonchev–Trinajstić information content (AvgIpc) is 2.82. The van der Waals surface area contributed by atoms with E-state index < -0.39 is 6.36 Å². The van der Waals surface area contributed by atoms with Gasteiger partial charge >= 0.3 is 6.36 Å². The molecule has 0 heterocycles. The third kappa shape index (κ3) is 8.58. The molecule has 0 aliphatic carbocycles. The Morgan fingerprint density at radius 1 is 1.12 bits per heavy atom. The minimum absolute atomic E-state index is 0.271. The number of allylic oxidation sites excluding steroid dienone is 3. The van der Waals surface area contributed by atoms with Gasteiger partial charge in [0, 0.05) is 6.54 Å². The molecule has 0 saturated heterocycles. The Morgan fingerprint density at radius 3 is 2.29 bits per heavy atom. The van der Waals surface area contributed by atoms with Crippen LogP contribution in [-0.2, 0) is 17.8 Å². The molecular formula is C28H34F3NO2. The summed E-state index contributed by atoms with van der Waals surface area (Å²) >= 11 is 0. The molecule has 0 saturated carbocycles. The molecule has 0 spiro atoms. The van der Waals surface area contributed by atoms with E-state index in [0.29, 0.717) is 6.54 Å². The zero-order valence-corrected chi connectivity index (χ0v) is 20.6. The number of amides is 1. The number of ether oxygens (including phenoxy) is 1. The van der Waals surface area contributed by atoms with Crippen molar-refractivity contribution in [3.8, 4) is 16.9 Å². The van der Waals surface area contributed by atoms with Crippen molar-refractivity contribution >= 4 is 12.0 Å². The molecule has 34 heavy (non-hydrogen) atoms. The van der Waals surface area contributed by atoms with E-state index in [-0.39, 0.29) is 11.7 Å². The number of hydrogen-bond donors (Lipinski definition) is 1. The average molecular weight is 474 g/mol. The highest BCUT2D eigenvalue weighted by Crippen LogP contribution is 2.34. The molecule has 0 fully saturated rings. The Bertz CT molecular complexity index is 1000. The summed E-state index contributed by atoms with van der Waals surface area (Å²) in [6.07, 6.45) is 6.20. The van der Waals surface area contributed by atoms with E-state index in [9.17, 15) is 18.0 Å². The van der Waals surface area contributed by atoms with Crippen LogP contribution in [0.3, 0.4) is 0 Å². The van der Waals surface area contributed by atoms with Crippen LogP contribution in [0.15, 0.2) is 61.2 Å². The van der Waals surface area contributed by atoms with Gasteiger partial charge in [-0.1, -0.05) is 70.7 Å². The SMILES string of the molecule is C=CC(=O)NCc1cc(-c2ccc(OC(F)(F)F)cc2)c(C)c(/C=C\C=C\CC)c1CC.CC. The van der Waals surface area contributed by atoms with Crippen LogP contribution < -0.4 is 10.1 Å². The maximum Gasteiger partial charge on any atom is 0.573 e. The first-order valence-electron chi connectivity index (χ1n) is 11.4. The highest BCUT2D eigenvalue weighted by atomic mass is 19.4. The van der Waals surface area contributed by atoms with Crippen molar-refractivity contribution in [2.24, 2.45) is 0 Å². The number of nitrogens with one attached hydrogen (secondary N) is 1. The molecule has 0 bridgehead atoms. The van der Waals surface area contributed by atoms with Gasteiger partial charge in [-0.3, -0.25) is 4.79 Å². The largest absolute Gasteiger partial charge is 0.573 e. The van der Waals surface area contributed by atoms with E-state index in [2.05, 4.69) is 30.5 Å². The van der Waals surface area contributed by atoms with Gasteiger partial charge in [-0.25, -0.2) is 0 Å². The second-order valence-electron chi connectivity index (χ2n) is 7.14. The summed E-state index contributed by atoms with van der Waals surface area (Å²) in [4.78, 5) is 11.7. The number of carbonyl (C=O) groups excluding carboxylic acids is 1. The molecular weight excluding hydrogens is 439 g/mol. The Morgan fingerprint density at radius 2 is 1.76 bits per heavy atom. The smallest absolute Gasteiger partial charge is 0.406 e. The van der Waals surface area contributed by atoms with Crippen LogP contribution in [0.1, 0.15) is 56.4 Å². The predicted molar refractivity (Wildman–Crippen MR) is 135 cm³/mol. The van der Waals surface area contributed by atoms with Gasteiger partial charge in [0.1, 0.15) is 5.75 Å². The van der Waals surface area contributed by atoms with Gasteiger partial charge < -0.3 is 10.1 Å². The topological polar surface area (TPSA) is 38.3 Å². The molecule has 2 rings (SSSR count). The van der Waals surface area contributed by atoms with E-state index in [1.165, 1.54) is 18.2 Å². The fraction of sp³-hybridized carbons (Fsp3) is 0.321. The van der Waals surface area contributed by atoms with Crippen LogP contribution in [0.5, 0.6) is 5.75 Å². The van der Waals surface area contributed by atoms with Crippen LogP contribution >= 0.6 is 0 Å². The lowest BCUT2D eigenvalue weighted by molar-refractivity contribution is -0.274. The maximum absolute atomic E-state index is 12.5. The summed E-state index contributed by atoms with van der Waals surface area (Å²) in [5, 5.41) is 2.82. The Hall–Kier alpha value is -3.28. The number of rotatable bonds is 9. The number of alkyl halides is 3. The molecule has 0 radical (unpaired) electrons. The van der Waals surface area contributed by atoms with Crippen molar-refractivity contribution in [2.75, 3.05) is 0 Å². The highest BCUT2D eigenvalue weighted by molar-refractivity contribution is 5.87. The van der Waals surface area contributed by atoms with Crippen molar-refractivity contribution < 1.29 is 22.7 Å². The van der Waals surface area contributed by atoms with Crippen molar-refractivity contribution in [3.63, 3.8) is 0 Å². The van der Waals surface area contributed by atoms with Crippen LogP contribution in [-0.4, -0.2) is 12.3 Å². The molecule has 184 valence electrons. The first-order chi connectivity index (χ1) is 16.2. The molecule has 6 heteroatoms. The van der Waals surface area contributed by atoms with Crippen molar-refractivity contribution in [3.05, 3.63) is 83.5 Å². The zero-order valence-electron chi connectivity index (χ0n) is 20.6. The fourth-order valence-electron chi connectivity index (χ4n) is 3.47. The third-order valence-electron chi connectivity index (χ3n) is 4.98. The lowest BCUT2D eigenvalue weighted by atomic mass is 9.87. The quantitative estimate of drug-likeness (QED) is 0.297. The molecule has 1 amide bonds. The number of carbonyl (C=O) groups is 1. The molecule has 2 aromatic carbocycles. The summed E-state index contributed by atoms with van der Waals surface area (Å²) < 4.78 is 41.5. The first-order valence-corrected chi connectivity index (χ1v) is 11.4. The molecule has 0 aliphatic rings. The van der Waals surface area contributed by atoms with E-state index in [0.717, 1.165) is 46.2 Å². The Labute approximate surface area is 201 Å². The zero-order chi connectivity index (χ0) is 25.7. The Kier molecular flexibility index (Phi) is 11.9. The molecule has 0 aromatic heterocycles. The lowest BCUT2D eigenvalue weighted by Crippen LogP contribution is -2.21. The monoisotopic (exact) mass is 473 g/mol. The molecule has 1 N–H and O–H groups in total. The van der Waals surface area contributed by atoms with E-state index in [4.69, 9.17) is 0 Å². The fourth-order valence-corrected chi connectivity index (χ4v) is 3.47. The van der Waals surface area contributed by atoms with Crippen LogP contribution in [0.25, 0.3) is 17.2 Å². The lowest BCUT2D eigenvalue weighted by Gasteiger charge is -2.19. The van der Waals surface area contributed by atoms with E-state index >= 15 is 0 Å². The predicted octanol–water partition coefficient (Wildman–Crippen LogP) is 7.93. The maximum atomic E-state index is 12.5. The van der Waals surface area contributed by atoms with Gasteiger partial charge in [-0.05, 0) is 77.4 Å². The summed E-state index contributed by atoms with van der Waals surface area (Å²) in [7, 11) is 0. The normalized spacial score (nSPS) is 11.3. The highest BCUT2D eigenvalue weighted by Gasteiger charge is 2.31. The summed E-state index contributed by atoms with van der Waals surface area (Å²) in [6, 6.07) is 7.79. The molecule has 0 atom stereocenters. The minimum atomic E-state index is -4.74. The molecule has 0 unspecified atom stereocenters. The van der Waals surface area contributed by atoms with E-state index in [1.54, 1.807) is 12.1 Å². The summed E-state index contributed by atoms with van der Waals surface area (Å²) in [5.74, 6) is -0.543. The van der Waals surface area contributed by atoms with Gasteiger partial charge in [-0.2, -0.15) is 0 Å². The molecule has 2 aromatic rings. The third-order valence-corrected chi connectivity index (χ3v) is 4.98. The van der Waals surface area contributed by atoms with Gasteiger partial charge in [0.15, 0.2) is 0 Å². The first kappa shape index (κ1) is 28.8. The molecule has 3 nitrogen and oxygen atoms in total. The van der Waals surface area contributed by atoms with Gasteiger partial charge in [0.2, 0.25) is 5.91 Å². The van der Waals surface area contributed by atoms with Gasteiger partial charge in [0.25, 0.3) is 0 Å². The summed E-state index contributed by atoms with van der Waals surface area (Å²) in [5.41, 5.74) is 5.72. The molecule has 0 aliphatic heterocycles. The van der Waals surface area contributed by atoms with Crippen LogP contribution in [0.4, 0.5) is 13.2 Å². The number of hydrogen-bond acceptors (Lipinski definition) is 2. The standard InChI is InChI=1S/C26H28F3NO2.C2H6/c1-5-8-9-10-11-23-18(4)24(16-20(22(23)6-2)17-30-25(31)7-3)19-12-14-21(15-13-19)32-26(27,28)29;1-2/h7-16H,3,5-6,17H2,1-2,4H3,(H,30,31);1-2H3/b9-8+,11-10-;. The van der Waals surface area contributed by atoms with Crippen LogP contribution in [0.2, 0.25) is 0 Å². The summed E-state index contributed by atoms with van der Waals surface area (Å²) in [6.45, 7) is 13.9. The Balaban J connectivity index is 0.00000281. The second kappa shape index (κ2) is 14.1.